The number of hydrogen-bond donors (Lipinski definition) is 1. The third-order valence-electron chi connectivity index (χ3n) is 4.22. The van der Waals surface area contributed by atoms with Crippen LogP contribution < -0.4 is 15.0 Å². The summed E-state index contributed by atoms with van der Waals surface area (Å²) in [6.45, 7) is 2.50. The number of nitrogens with zero attached hydrogens (tertiary/aromatic N) is 3. The maximum absolute atomic E-state index is 11.9. The minimum absolute atomic E-state index is 0.0122. The van der Waals surface area contributed by atoms with Gasteiger partial charge in [-0.15, -0.1) is 0 Å². The van der Waals surface area contributed by atoms with Gasteiger partial charge in [-0.05, 0) is 49.1 Å². The number of aromatic nitrogens is 2. The summed E-state index contributed by atoms with van der Waals surface area (Å²) in [5.74, 6) is 1.78. The normalized spacial score (nSPS) is 15.0. The summed E-state index contributed by atoms with van der Waals surface area (Å²) in [5.41, 5.74) is 0. The number of rotatable bonds is 6. The highest BCUT2D eigenvalue weighted by Gasteiger charge is 2.21. The maximum atomic E-state index is 11.9. The van der Waals surface area contributed by atoms with Crippen molar-refractivity contribution in [2.75, 3.05) is 31.1 Å². The molecule has 1 aliphatic rings. The van der Waals surface area contributed by atoms with Crippen LogP contribution in [0.5, 0.6) is 5.75 Å². The molecule has 1 amide bonds. The lowest BCUT2D eigenvalue weighted by Gasteiger charge is -2.31. The first-order chi connectivity index (χ1) is 12.2. The van der Waals surface area contributed by atoms with Gasteiger partial charge in [0.2, 0.25) is 5.95 Å². The lowest BCUT2D eigenvalue weighted by atomic mass is 9.97. The number of ether oxygens (including phenoxy) is 1. The van der Waals surface area contributed by atoms with Crippen molar-refractivity contribution in [1.82, 2.24) is 15.3 Å². The zero-order valence-corrected chi connectivity index (χ0v) is 14.7. The van der Waals surface area contributed by atoms with Crippen molar-refractivity contribution >= 4 is 23.5 Å². The molecule has 132 valence electrons. The zero-order chi connectivity index (χ0) is 17.5. The molecular weight excluding hydrogens is 340 g/mol. The van der Waals surface area contributed by atoms with Gasteiger partial charge in [-0.2, -0.15) is 0 Å². The third kappa shape index (κ3) is 5.32. The Kier molecular flexibility index (Phi) is 6.06. The first-order valence-electron chi connectivity index (χ1n) is 8.38. The lowest BCUT2D eigenvalue weighted by Crippen LogP contribution is -2.40. The van der Waals surface area contributed by atoms with Crippen molar-refractivity contribution in [3.63, 3.8) is 0 Å². The molecular formula is C18H21ClN4O2. The largest absolute Gasteiger partial charge is 0.484 e. The van der Waals surface area contributed by atoms with Gasteiger partial charge < -0.3 is 15.0 Å². The van der Waals surface area contributed by atoms with Crippen LogP contribution in [-0.4, -0.2) is 42.1 Å². The van der Waals surface area contributed by atoms with E-state index in [-0.39, 0.29) is 12.5 Å². The van der Waals surface area contributed by atoms with Gasteiger partial charge in [0.15, 0.2) is 6.61 Å². The van der Waals surface area contributed by atoms with E-state index in [2.05, 4.69) is 20.2 Å². The summed E-state index contributed by atoms with van der Waals surface area (Å²) in [5, 5.41) is 3.59. The molecule has 1 fully saturated rings. The number of halogens is 1. The van der Waals surface area contributed by atoms with Crippen molar-refractivity contribution in [2.24, 2.45) is 5.92 Å². The highest BCUT2D eigenvalue weighted by molar-refractivity contribution is 6.30. The van der Waals surface area contributed by atoms with E-state index in [1.54, 1.807) is 36.7 Å². The Hall–Kier alpha value is -2.34. The molecule has 0 bridgehead atoms. The Morgan fingerprint density at radius 1 is 1.20 bits per heavy atom. The fraction of sp³-hybridized carbons (Fsp3) is 0.389. The van der Waals surface area contributed by atoms with Crippen LogP contribution in [0, 0.1) is 5.92 Å². The average molecular weight is 361 g/mol. The highest BCUT2D eigenvalue weighted by Crippen LogP contribution is 2.19. The summed E-state index contributed by atoms with van der Waals surface area (Å²) in [6, 6.07) is 8.78. The smallest absolute Gasteiger partial charge is 0.257 e. The van der Waals surface area contributed by atoms with Gasteiger partial charge in [-0.25, -0.2) is 9.97 Å². The van der Waals surface area contributed by atoms with Gasteiger partial charge in [0, 0.05) is 37.1 Å². The number of hydrogen-bond acceptors (Lipinski definition) is 5. The summed E-state index contributed by atoms with van der Waals surface area (Å²) in [6.07, 6.45) is 5.54. The van der Waals surface area contributed by atoms with Crippen LogP contribution in [0.15, 0.2) is 42.7 Å². The fourth-order valence-electron chi connectivity index (χ4n) is 2.78. The minimum atomic E-state index is -0.108. The van der Waals surface area contributed by atoms with Gasteiger partial charge in [0.1, 0.15) is 5.75 Å². The number of amides is 1. The Bertz CT molecular complexity index is 673. The number of benzene rings is 1. The maximum Gasteiger partial charge on any atom is 0.257 e. The van der Waals surface area contributed by atoms with Crippen LogP contribution in [-0.2, 0) is 4.79 Å². The van der Waals surface area contributed by atoms with Crippen LogP contribution in [0.3, 0.4) is 0 Å². The van der Waals surface area contributed by atoms with E-state index >= 15 is 0 Å². The molecule has 1 aromatic heterocycles. The molecule has 25 heavy (non-hydrogen) atoms. The van der Waals surface area contributed by atoms with E-state index in [0.29, 0.717) is 23.2 Å². The summed E-state index contributed by atoms with van der Waals surface area (Å²) in [7, 11) is 0. The van der Waals surface area contributed by atoms with Crippen LogP contribution in [0.1, 0.15) is 12.8 Å². The van der Waals surface area contributed by atoms with Crippen LogP contribution in [0.25, 0.3) is 0 Å². The van der Waals surface area contributed by atoms with Crippen LogP contribution in [0.2, 0.25) is 5.02 Å². The number of carbonyl (C=O) groups excluding carboxylic acids is 1. The number of nitrogens with one attached hydrogen (secondary N) is 1. The molecule has 0 spiro atoms. The van der Waals surface area contributed by atoms with Gasteiger partial charge in [0.25, 0.3) is 5.91 Å². The van der Waals surface area contributed by atoms with Crippen molar-refractivity contribution in [3.05, 3.63) is 47.7 Å². The van der Waals surface area contributed by atoms with Crippen molar-refractivity contribution in [2.45, 2.75) is 12.8 Å². The number of piperidine rings is 1. The van der Waals surface area contributed by atoms with Gasteiger partial charge in [-0.1, -0.05) is 11.6 Å². The second-order valence-corrected chi connectivity index (χ2v) is 6.46. The van der Waals surface area contributed by atoms with Gasteiger partial charge >= 0.3 is 0 Å². The fourth-order valence-corrected chi connectivity index (χ4v) is 2.91. The molecule has 2 aromatic rings. The Balaban J connectivity index is 1.35. The number of carbonyl (C=O) groups is 1. The Morgan fingerprint density at radius 3 is 2.56 bits per heavy atom. The second kappa shape index (κ2) is 8.67. The summed E-state index contributed by atoms with van der Waals surface area (Å²) in [4.78, 5) is 22.7. The van der Waals surface area contributed by atoms with Gasteiger partial charge in [0.05, 0.1) is 0 Å². The number of anilines is 1. The quantitative estimate of drug-likeness (QED) is 0.857. The Labute approximate surface area is 152 Å². The topological polar surface area (TPSA) is 67.3 Å². The average Bonchev–Trinajstić information content (AvgIpc) is 2.67. The molecule has 0 aliphatic carbocycles. The Morgan fingerprint density at radius 2 is 1.88 bits per heavy atom. The molecule has 0 radical (unpaired) electrons. The van der Waals surface area contributed by atoms with Crippen molar-refractivity contribution in [3.8, 4) is 5.75 Å². The molecule has 0 saturated carbocycles. The predicted molar refractivity (Wildman–Crippen MR) is 96.9 cm³/mol. The van der Waals surface area contributed by atoms with Crippen molar-refractivity contribution < 1.29 is 9.53 Å². The van der Waals surface area contributed by atoms with E-state index in [9.17, 15) is 4.79 Å². The van der Waals surface area contributed by atoms with Crippen LogP contribution in [0.4, 0.5) is 5.95 Å². The summed E-state index contributed by atoms with van der Waals surface area (Å²) >= 11 is 5.81. The highest BCUT2D eigenvalue weighted by atomic mass is 35.5. The second-order valence-electron chi connectivity index (χ2n) is 6.03. The molecule has 3 rings (SSSR count). The predicted octanol–water partition coefficient (Wildman–Crippen LogP) is 2.54. The molecule has 0 atom stereocenters. The molecule has 7 heteroatoms. The first kappa shape index (κ1) is 17.5. The molecule has 1 aliphatic heterocycles. The first-order valence-corrected chi connectivity index (χ1v) is 8.75. The SMILES string of the molecule is O=C(COc1ccc(Cl)cc1)NCC1CCN(c2ncccn2)CC1. The zero-order valence-electron chi connectivity index (χ0n) is 13.9. The molecule has 1 N–H and O–H groups in total. The third-order valence-corrected chi connectivity index (χ3v) is 4.47. The molecule has 1 aromatic carbocycles. The molecule has 0 unspecified atom stereocenters. The standard InChI is InChI=1S/C18H21ClN4O2/c19-15-2-4-16(5-3-15)25-13-17(24)22-12-14-6-10-23(11-7-14)18-20-8-1-9-21-18/h1-5,8-9,14H,6-7,10-13H2,(H,22,24). The molecule has 1 saturated heterocycles. The molecule has 2 heterocycles. The van der Waals surface area contributed by atoms with E-state index in [1.165, 1.54) is 0 Å². The lowest BCUT2D eigenvalue weighted by molar-refractivity contribution is -0.123. The minimum Gasteiger partial charge on any atom is -0.484 e. The monoisotopic (exact) mass is 360 g/mol. The van der Waals surface area contributed by atoms with E-state index in [1.807, 2.05) is 6.07 Å². The van der Waals surface area contributed by atoms with E-state index < -0.39 is 0 Å². The van der Waals surface area contributed by atoms with Gasteiger partial charge in [-0.3, -0.25) is 4.79 Å². The van der Waals surface area contributed by atoms with Crippen LogP contribution >= 0.6 is 11.6 Å². The summed E-state index contributed by atoms with van der Waals surface area (Å²) < 4.78 is 5.44. The van der Waals surface area contributed by atoms with Crippen molar-refractivity contribution in [1.29, 1.82) is 0 Å². The van der Waals surface area contributed by atoms with E-state index in [4.69, 9.17) is 16.3 Å². The van der Waals surface area contributed by atoms with E-state index in [0.717, 1.165) is 31.9 Å². The molecule has 6 nitrogen and oxygen atoms in total.